The highest BCUT2D eigenvalue weighted by Gasteiger charge is 2.47. The first-order valence-corrected chi connectivity index (χ1v) is 11.2. The molecule has 2 aliphatic rings. The fourth-order valence-electron chi connectivity index (χ4n) is 4.31. The summed E-state index contributed by atoms with van der Waals surface area (Å²) in [4.78, 5) is 43.2. The largest absolute Gasteiger partial charge is 0.493 e. The second kappa shape index (κ2) is 9.05. The zero-order valence-electron chi connectivity index (χ0n) is 17.6. The van der Waals surface area contributed by atoms with Crippen LogP contribution in [0.25, 0.3) is 11.3 Å². The quantitative estimate of drug-likeness (QED) is 0.659. The first-order valence-electron chi connectivity index (χ1n) is 10.3. The molecule has 4 rings (SSSR count). The normalized spacial score (nSPS) is 20.5. The number of likely N-dealkylation sites (tertiary alicyclic amines) is 1. The van der Waals surface area contributed by atoms with Crippen LogP contribution in [0.4, 0.5) is 5.13 Å². The number of carbonyl (C=O) groups excluding carboxylic acids is 3. The molecule has 1 aliphatic carbocycles. The summed E-state index contributed by atoms with van der Waals surface area (Å²) in [6.45, 7) is 0.115. The predicted octanol–water partition coefficient (Wildman–Crippen LogP) is 3.33. The summed E-state index contributed by atoms with van der Waals surface area (Å²) in [6, 6.07) is 5.49. The van der Waals surface area contributed by atoms with Crippen molar-refractivity contribution in [1.82, 2.24) is 9.88 Å². The number of rotatable bonds is 7. The average Bonchev–Trinajstić information content (AvgIpc) is 3.35. The molecule has 1 aromatic carbocycles. The van der Waals surface area contributed by atoms with Gasteiger partial charge in [0, 0.05) is 23.9 Å². The molecule has 1 aromatic heterocycles. The molecule has 2 aromatic rings. The maximum absolute atomic E-state index is 12.5. The van der Waals surface area contributed by atoms with E-state index in [-0.39, 0.29) is 42.5 Å². The summed E-state index contributed by atoms with van der Waals surface area (Å²) in [5, 5.41) is 5.07. The van der Waals surface area contributed by atoms with Gasteiger partial charge < -0.3 is 14.8 Å². The number of ether oxygens (including phenoxy) is 2. The molecule has 31 heavy (non-hydrogen) atoms. The lowest BCUT2D eigenvalue weighted by Gasteiger charge is -2.19. The van der Waals surface area contributed by atoms with E-state index in [0.29, 0.717) is 22.3 Å². The number of nitrogens with one attached hydrogen (secondary N) is 1. The molecular formula is C22H25N3O5S. The van der Waals surface area contributed by atoms with Crippen LogP contribution in [-0.2, 0) is 14.4 Å². The van der Waals surface area contributed by atoms with E-state index in [2.05, 4.69) is 10.3 Å². The molecule has 1 saturated heterocycles. The van der Waals surface area contributed by atoms with Crippen LogP contribution >= 0.6 is 11.3 Å². The van der Waals surface area contributed by atoms with Crippen molar-refractivity contribution in [3.8, 4) is 22.8 Å². The van der Waals surface area contributed by atoms with Gasteiger partial charge in [0.2, 0.25) is 17.7 Å². The molecule has 0 unspecified atom stereocenters. The predicted molar refractivity (Wildman–Crippen MR) is 116 cm³/mol. The smallest absolute Gasteiger partial charge is 0.233 e. The highest BCUT2D eigenvalue weighted by Crippen LogP contribution is 2.38. The highest BCUT2D eigenvalue weighted by atomic mass is 32.1. The molecule has 9 heteroatoms. The van der Waals surface area contributed by atoms with E-state index in [4.69, 9.17) is 9.47 Å². The van der Waals surface area contributed by atoms with Crippen LogP contribution in [0.5, 0.6) is 11.5 Å². The van der Waals surface area contributed by atoms with Crippen molar-refractivity contribution in [2.75, 3.05) is 26.1 Å². The molecule has 0 radical (unpaired) electrons. The Morgan fingerprint density at radius 2 is 1.81 bits per heavy atom. The first kappa shape index (κ1) is 21.3. The summed E-state index contributed by atoms with van der Waals surface area (Å²) in [7, 11) is 3.14. The maximum Gasteiger partial charge on any atom is 0.233 e. The standard InChI is InChI=1S/C22H25N3O5S/c1-29-17-8-7-13(11-18(17)30-2)16-12-31-22(23-16)24-19(26)9-10-25-20(27)14-5-3-4-6-15(14)21(25)28/h7-8,11-12,14-15H,3-6,9-10H2,1-2H3,(H,23,24,26)/t14-,15+. The summed E-state index contributed by atoms with van der Waals surface area (Å²) >= 11 is 1.31. The van der Waals surface area contributed by atoms with Crippen molar-refractivity contribution >= 4 is 34.2 Å². The Labute approximate surface area is 184 Å². The van der Waals surface area contributed by atoms with E-state index in [0.717, 1.165) is 31.2 Å². The van der Waals surface area contributed by atoms with Crippen molar-refractivity contribution in [1.29, 1.82) is 0 Å². The van der Waals surface area contributed by atoms with E-state index >= 15 is 0 Å². The van der Waals surface area contributed by atoms with E-state index in [1.165, 1.54) is 16.2 Å². The molecule has 2 heterocycles. The zero-order chi connectivity index (χ0) is 22.0. The molecule has 2 fully saturated rings. The molecule has 1 saturated carbocycles. The third kappa shape index (κ3) is 4.27. The van der Waals surface area contributed by atoms with Crippen molar-refractivity contribution in [3.63, 3.8) is 0 Å². The van der Waals surface area contributed by atoms with Crippen LogP contribution in [0, 0.1) is 11.8 Å². The Kier molecular flexibility index (Phi) is 6.22. The van der Waals surface area contributed by atoms with Gasteiger partial charge in [0.25, 0.3) is 0 Å². The molecule has 0 bridgehead atoms. The molecule has 0 spiro atoms. The summed E-state index contributed by atoms with van der Waals surface area (Å²) in [6.07, 6.45) is 3.58. The molecular weight excluding hydrogens is 418 g/mol. The van der Waals surface area contributed by atoms with Crippen LogP contribution in [0.3, 0.4) is 0 Å². The van der Waals surface area contributed by atoms with Gasteiger partial charge in [-0.3, -0.25) is 19.3 Å². The van der Waals surface area contributed by atoms with E-state index in [1.54, 1.807) is 20.3 Å². The second-order valence-electron chi connectivity index (χ2n) is 7.73. The molecule has 3 amide bonds. The third-order valence-electron chi connectivity index (χ3n) is 5.92. The van der Waals surface area contributed by atoms with Crippen LogP contribution < -0.4 is 14.8 Å². The summed E-state index contributed by atoms with van der Waals surface area (Å²) < 4.78 is 10.6. The Morgan fingerprint density at radius 1 is 1.13 bits per heavy atom. The second-order valence-corrected chi connectivity index (χ2v) is 8.59. The summed E-state index contributed by atoms with van der Waals surface area (Å²) in [5.74, 6) is 0.336. The fourth-order valence-corrected chi connectivity index (χ4v) is 5.04. The minimum atomic E-state index is -0.274. The van der Waals surface area contributed by atoms with Gasteiger partial charge in [-0.25, -0.2) is 4.98 Å². The number of aromatic nitrogens is 1. The third-order valence-corrected chi connectivity index (χ3v) is 6.68. The Bertz CT molecular complexity index is 981. The number of fused-ring (bicyclic) bond motifs is 1. The maximum atomic E-state index is 12.5. The van der Waals surface area contributed by atoms with E-state index in [9.17, 15) is 14.4 Å². The number of nitrogens with zero attached hydrogens (tertiary/aromatic N) is 2. The molecule has 1 aliphatic heterocycles. The van der Waals surface area contributed by atoms with Crippen molar-refractivity contribution < 1.29 is 23.9 Å². The SMILES string of the molecule is COc1ccc(-c2csc(NC(=O)CCN3C(=O)[C@H]4CCCC[C@H]4C3=O)n2)cc1OC. The Balaban J connectivity index is 1.35. The van der Waals surface area contributed by atoms with Gasteiger partial charge in [0.15, 0.2) is 16.6 Å². The molecule has 164 valence electrons. The van der Waals surface area contributed by atoms with Gasteiger partial charge in [-0.2, -0.15) is 0 Å². The van der Waals surface area contributed by atoms with Gasteiger partial charge in [-0.15, -0.1) is 11.3 Å². The van der Waals surface area contributed by atoms with Gasteiger partial charge >= 0.3 is 0 Å². The van der Waals surface area contributed by atoms with Crippen molar-refractivity contribution in [2.45, 2.75) is 32.1 Å². The molecule has 1 N–H and O–H groups in total. The van der Waals surface area contributed by atoms with E-state index in [1.807, 2.05) is 17.5 Å². The number of hydrogen-bond acceptors (Lipinski definition) is 7. The van der Waals surface area contributed by atoms with Crippen molar-refractivity contribution in [2.24, 2.45) is 11.8 Å². The van der Waals surface area contributed by atoms with Crippen LogP contribution in [0.15, 0.2) is 23.6 Å². The number of methoxy groups -OCH3 is 2. The fraction of sp³-hybridized carbons (Fsp3) is 0.455. The monoisotopic (exact) mass is 443 g/mol. The minimum Gasteiger partial charge on any atom is -0.493 e. The lowest BCUT2D eigenvalue weighted by Crippen LogP contribution is -2.34. The number of hydrogen-bond donors (Lipinski definition) is 1. The minimum absolute atomic E-state index is 0.0577. The number of anilines is 1. The van der Waals surface area contributed by atoms with Crippen LogP contribution in [-0.4, -0.2) is 48.4 Å². The van der Waals surface area contributed by atoms with Gasteiger partial charge in [0.1, 0.15) is 0 Å². The zero-order valence-corrected chi connectivity index (χ0v) is 18.4. The molecule has 2 atom stereocenters. The first-order chi connectivity index (χ1) is 15.0. The lowest BCUT2D eigenvalue weighted by molar-refractivity contribution is -0.140. The average molecular weight is 444 g/mol. The van der Waals surface area contributed by atoms with Crippen LogP contribution in [0.2, 0.25) is 0 Å². The lowest BCUT2D eigenvalue weighted by atomic mass is 9.81. The number of amides is 3. The Morgan fingerprint density at radius 3 is 2.45 bits per heavy atom. The Hall–Kier alpha value is -2.94. The number of imide groups is 1. The van der Waals surface area contributed by atoms with Crippen LogP contribution in [0.1, 0.15) is 32.1 Å². The number of benzene rings is 1. The van der Waals surface area contributed by atoms with E-state index < -0.39 is 0 Å². The van der Waals surface area contributed by atoms with Gasteiger partial charge in [0.05, 0.1) is 31.7 Å². The van der Waals surface area contributed by atoms with Gasteiger partial charge in [-0.05, 0) is 31.0 Å². The van der Waals surface area contributed by atoms with Crippen molar-refractivity contribution in [3.05, 3.63) is 23.6 Å². The molecule has 8 nitrogen and oxygen atoms in total. The van der Waals surface area contributed by atoms with Gasteiger partial charge in [-0.1, -0.05) is 12.8 Å². The highest BCUT2D eigenvalue weighted by molar-refractivity contribution is 7.14. The topological polar surface area (TPSA) is 97.8 Å². The number of carbonyl (C=O) groups is 3. The number of thiazole rings is 1. The summed E-state index contributed by atoms with van der Waals surface area (Å²) in [5.41, 5.74) is 1.54.